The third-order valence-corrected chi connectivity index (χ3v) is 2.85. The average Bonchev–Trinajstić information content (AvgIpc) is 1.99. The minimum absolute atomic E-state index is 0.262. The first-order valence-electron chi connectivity index (χ1n) is 3.13. The number of alkyl halides is 2. The summed E-state index contributed by atoms with van der Waals surface area (Å²) in [6.45, 7) is 1.61. The molecule has 0 saturated carbocycles. The average molecular weight is 256 g/mol. The van der Waals surface area contributed by atoms with Crippen molar-refractivity contribution in [2.75, 3.05) is 0 Å². The number of rotatable bonds is 1. The van der Waals surface area contributed by atoms with Crippen LogP contribution in [0, 0.1) is 6.92 Å². The van der Waals surface area contributed by atoms with E-state index in [0.717, 1.165) is 6.07 Å². The molecule has 0 aliphatic rings. The lowest BCUT2D eigenvalue weighted by Crippen LogP contribution is -1.93. The molecule has 1 aromatic heterocycles. The number of pyridine rings is 1. The van der Waals surface area contributed by atoms with E-state index in [9.17, 15) is 8.78 Å². The van der Waals surface area contributed by atoms with Gasteiger partial charge in [-0.3, -0.25) is 4.98 Å². The molecule has 1 heterocycles. The van der Waals surface area contributed by atoms with E-state index in [1.807, 2.05) is 0 Å². The summed E-state index contributed by atoms with van der Waals surface area (Å²) < 4.78 is 24.8. The first kappa shape index (κ1) is 9.86. The number of aryl methyl sites for hydroxylation is 1. The maximum Gasteiger partial charge on any atom is 0.280 e. The standard InChI is InChI=1S/C7H5BrClF2N/c1-3-6(8)4(9)2-5(12-3)7(10)11/h2,7H,1H3. The zero-order chi connectivity index (χ0) is 9.30. The van der Waals surface area contributed by atoms with Crippen LogP contribution in [-0.2, 0) is 0 Å². The Bertz CT molecular complexity index is 280. The van der Waals surface area contributed by atoms with Gasteiger partial charge in [0.05, 0.1) is 15.2 Å². The van der Waals surface area contributed by atoms with E-state index in [0.29, 0.717) is 10.2 Å². The zero-order valence-corrected chi connectivity index (χ0v) is 8.46. The van der Waals surface area contributed by atoms with Crippen LogP contribution in [-0.4, -0.2) is 4.98 Å². The lowest BCUT2D eigenvalue weighted by Gasteiger charge is -2.03. The Labute approximate surface area is 81.9 Å². The van der Waals surface area contributed by atoms with Crippen LogP contribution in [0.25, 0.3) is 0 Å². The largest absolute Gasteiger partial charge is 0.280 e. The molecule has 5 heteroatoms. The van der Waals surface area contributed by atoms with Crippen molar-refractivity contribution in [3.05, 3.63) is 26.9 Å². The normalized spacial score (nSPS) is 10.8. The second kappa shape index (κ2) is 3.66. The van der Waals surface area contributed by atoms with Crippen LogP contribution in [0.5, 0.6) is 0 Å². The molecule has 1 nitrogen and oxygen atoms in total. The molecule has 0 radical (unpaired) electrons. The molecule has 0 bridgehead atoms. The number of aromatic nitrogens is 1. The molecule has 1 rings (SSSR count). The molecule has 12 heavy (non-hydrogen) atoms. The predicted molar refractivity (Wildman–Crippen MR) is 46.6 cm³/mol. The summed E-state index contributed by atoms with van der Waals surface area (Å²) in [5.74, 6) is 0. The van der Waals surface area contributed by atoms with E-state index in [4.69, 9.17) is 11.6 Å². The highest BCUT2D eigenvalue weighted by Gasteiger charge is 2.12. The Balaban J connectivity index is 3.21. The third-order valence-electron chi connectivity index (χ3n) is 1.32. The van der Waals surface area contributed by atoms with Crippen molar-refractivity contribution in [2.45, 2.75) is 13.3 Å². The molecule has 1 aromatic rings. The summed E-state index contributed by atoms with van der Waals surface area (Å²) >= 11 is 8.77. The highest BCUT2D eigenvalue weighted by atomic mass is 79.9. The Morgan fingerprint density at radius 2 is 2.17 bits per heavy atom. The highest BCUT2D eigenvalue weighted by Crippen LogP contribution is 2.28. The molecule has 0 N–H and O–H groups in total. The SMILES string of the molecule is Cc1nc(C(F)F)cc(Cl)c1Br. The van der Waals surface area contributed by atoms with Gasteiger partial charge in [-0.1, -0.05) is 11.6 Å². The molecule has 0 unspecified atom stereocenters. The van der Waals surface area contributed by atoms with Crippen LogP contribution >= 0.6 is 27.5 Å². The van der Waals surface area contributed by atoms with Gasteiger partial charge in [0, 0.05) is 0 Å². The molecule has 0 amide bonds. The monoisotopic (exact) mass is 255 g/mol. The summed E-state index contributed by atoms with van der Waals surface area (Å²) in [6, 6.07) is 1.16. The van der Waals surface area contributed by atoms with Crippen molar-refractivity contribution in [3.63, 3.8) is 0 Å². The van der Waals surface area contributed by atoms with Crippen molar-refractivity contribution in [1.82, 2.24) is 4.98 Å². The van der Waals surface area contributed by atoms with Crippen LogP contribution in [0.15, 0.2) is 10.5 Å². The van der Waals surface area contributed by atoms with E-state index in [-0.39, 0.29) is 10.7 Å². The Hall–Kier alpha value is -0.220. The van der Waals surface area contributed by atoms with Gasteiger partial charge in [-0.05, 0) is 28.9 Å². The van der Waals surface area contributed by atoms with E-state index in [1.165, 1.54) is 0 Å². The number of hydrogen-bond acceptors (Lipinski definition) is 1. The Kier molecular flexibility index (Phi) is 3.01. The second-order valence-corrected chi connectivity index (χ2v) is 3.43. The second-order valence-electron chi connectivity index (χ2n) is 2.23. The molecular formula is C7H5BrClF2N. The summed E-state index contributed by atoms with van der Waals surface area (Å²) in [7, 11) is 0. The number of halogens is 4. The molecule has 0 aliphatic carbocycles. The van der Waals surface area contributed by atoms with Crippen LogP contribution < -0.4 is 0 Å². The first-order valence-corrected chi connectivity index (χ1v) is 4.30. The van der Waals surface area contributed by atoms with Crippen LogP contribution in [0.3, 0.4) is 0 Å². The van der Waals surface area contributed by atoms with Crippen molar-refractivity contribution in [3.8, 4) is 0 Å². The molecule has 0 atom stereocenters. The Morgan fingerprint density at radius 3 is 2.58 bits per heavy atom. The summed E-state index contributed by atoms with van der Waals surface area (Å²) in [5.41, 5.74) is 0.179. The van der Waals surface area contributed by atoms with E-state index in [2.05, 4.69) is 20.9 Å². The van der Waals surface area contributed by atoms with Gasteiger partial charge in [0.2, 0.25) is 0 Å². The topological polar surface area (TPSA) is 12.9 Å². The summed E-state index contributed by atoms with van der Waals surface area (Å²) in [4.78, 5) is 3.65. The summed E-state index contributed by atoms with van der Waals surface area (Å²) in [6.07, 6.45) is -2.57. The van der Waals surface area contributed by atoms with Gasteiger partial charge < -0.3 is 0 Å². The van der Waals surface area contributed by atoms with Gasteiger partial charge >= 0.3 is 0 Å². The molecule has 0 aliphatic heterocycles. The van der Waals surface area contributed by atoms with Crippen LogP contribution in [0.2, 0.25) is 5.02 Å². The van der Waals surface area contributed by atoms with E-state index >= 15 is 0 Å². The zero-order valence-electron chi connectivity index (χ0n) is 6.11. The van der Waals surface area contributed by atoms with Crippen molar-refractivity contribution in [1.29, 1.82) is 0 Å². The van der Waals surface area contributed by atoms with Gasteiger partial charge in [0.15, 0.2) is 0 Å². The lowest BCUT2D eigenvalue weighted by atomic mass is 10.3. The van der Waals surface area contributed by atoms with E-state index in [1.54, 1.807) is 6.92 Å². The van der Waals surface area contributed by atoms with Gasteiger partial charge in [-0.25, -0.2) is 8.78 Å². The third kappa shape index (κ3) is 1.93. The molecular weight excluding hydrogens is 251 g/mol. The number of hydrogen-bond donors (Lipinski definition) is 0. The quantitative estimate of drug-likeness (QED) is 0.746. The molecule has 0 saturated heterocycles. The smallest absolute Gasteiger partial charge is 0.251 e. The summed E-state index contributed by atoms with van der Waals surface area (Å²) in [5, 5.41) is 0.262. The first-order chi connectivity index (χ1) is 5.52. The predicted octanol–water partition coefficient (Wildman–Crippen LogP) is 3.74. The van der Waals surface area contributed by atoms with Gasteiger partial charge in [-0.2, -0.15) is 0 Å². The van der Waals surface area contributed by atoms with Crippen LogP contribution in [0.1, 0.15) is 17.8 Å². The van der Waals surface area contributed by atoms with Crippen molar-refractivity contribution >= 4 is 27.5 Å². The van der Waals surface area contributed by atoms with Crippen molar-refractivity contribution in [2.24, 2.45) is 0 Å². The fourth-order valence-electron chi connectivity index (χ4n) is 0.753. The fraction of sp³-hybridized carbons (Fsp3) is 0.286. The lowest BCUT2D eigenvalue weighted by molar-refractivity contribution is 0.146. The minimum Gasteiger partial charge on any atom is -0.251 e. The van der Waals surface area contributed by atoms with Crippen LogP contribution in [0.4, 0.5) is 8.78 Å². The maximum absolute atomic E-state index is 12.1. The molecule has 66 valence electrons. The van der Waals surface area contributed by atoms with Gasteiger partial charge in [0.1, 0.15) is 5.69 Å². The minimum atomic E-state index is -2.57. The molecule has 0 aromatic carbocycles. The van der Waals surface area contributed by atoms with Gasteiger partial charge in [-0.15, -0.1) is 0 Å². The molecule has 0 fully saturated rings. The molecule has 0 spiro atoms. The fourth-order valence-corrected chi connectivity index (χ4v) is 1.20. The van der Waals surface area contributed by atoms with Gasteiger partial charge in [0.25, 0.3) is 6.43 Å². The maximum atomic E-state index is 12.1. The number of nitrogens with zero attached hydrogens (tertiary/aromatic N) is 1. The van der Waals surface area contributed by atoms with Crippen molar-refractivity contribution < 1.29 is 8.78 Å². The Morgan fingerprint density at radius 1 is 1.58 bits per heavy atom. The highest BCUT2D eigenvalue weighted by molar-refractivity contribution is 9.10. The van der Waals surface area contributed by atoms with E-state index < -0.39 is 6.43 Å².